The van der Waals surface area contributed by atoms with Crippen molar-refractivity contribution in [1.82, 2.24) is 0 Å². The Morgan fingerprint density at radius 3 is 2.43 bits per heavy atom. The van der Waals surface area contributed by atoms with E-state index in [4.69, 9.17) is 4.74 Å². The van der Waals surface area contributed by atoms with Gasteiger partial charge in [-0.15, -0.1) is 0 Å². The van der Waals surface area contributed by atoms with Gasteiger partial charge < -0.3 is 9.84 Å². The first-order valence-corrected chi connectivity index (χ1v) is 8.81. The van der Waals surface area contributed by atoms with Crippen molar-refractivity contribution in [2.75, 3.05) is 0 Å². The number of esters is 1. The topological polar surface area (TPSA) is 46.5 Å². The van der Waals surface area contributed by atoms with Crippen LogP contribution in [0.2, 0.25) is 0 Å². The van der Waals surface area contributed by atoms with Crippen LogP contribution in [0.5, 0.6) is 0 Å². The maximum Gasteiger partial charge on any atom is 0.338 e. The van der Waals surface area contributed by atoms with Crippen LogP contribution >= 0.6 is 0 Å². The predicted octanol–water partition coefficient (Wildman–Crippen LogP) is 4.89. The minimum absolute atomic E-state index is 0.0452. The lowest BCUT2D eigenvalue weighted by Gasteiger charge is -2.31. The summed E-state index contributed by atoms with van der Waals surface area (Å²) in [6.45, 7) is 4.16. The van der Waals surface area contributed by atoms with Gasteiger partial charge in [0.1, 0.15) is 5.76 Å². The summed E-state index contributed by atoms with van der Waals surface area (Å²) in [4.78, 5) is 12.5. The third kappa shape index (κ3) is 2.77. The first kappa shape index (κ1) is 16.1. The Hall–Kier alpha value is -1.77. The lowest BCUT2D eigenvalue weighted by Crippen LogP contribution is -2.34. The zero-order chi connectivity index (χ0) is 16.4. The molecular weight excluding hydrogens is 288 g/mol. The van der Waals surface area contributed by atoms with Gasteiger partial charge in [0, 0.05) is 0 Å². The first-order chi connectivity index (χ1) is 11.1. The molecule has 2 aliphatic rings. The first-order valence-electron chi connectivity index (χ1n) is 8.81. The van der Waals surface area contributed by atoms with E-state index in [1.54, 1.807) is 0 Å². The number of carbonyl (C=O) groups is 1. The van der Waals surface area contributed by atoms with E-state index in [2.05, 4.69) is 19.1 Å². The molecule has 3 rings (SSSR count). The van der Waals surface area contributed by atoms with E-state index in [1.807, 2.05) is 25.1 Å². The molecule has 1 aromatic rings. The Balaban J connectivity index is 1.93. The third-order valence-electron chi connectivity index (χ3n) is 5.58. The van der Waals surface area contributed by atoms with E-state index in [0.29, 0.717) is 5.57 Å². The van der Waals surface area contributed by atoms with E-state index >= 15 is 0 Å². The number of rotatable bonds is 4. The van der Waals surface area contributed by atoms with Gasteiger partial charge in [-0.05, 0) is 49.5 Å². The van der Waals surface area contributed by atoms with Crippen LogP contribution in [-0.2, 0) is 9.53 Å². The molecule has 0 aromatic heterocycles. The lowest BCUT2D eigenvalue weighted by molar-refractivity contribution is -0.151. The molecule has 1 aliphatic heterocycles. The van der Waals surface area contributed by atoms with Crippen LogP contribution in [0.3, 0.4) is 0 Å². The molecule has 0 unspecified atom stereocenters. The molecule has 1 fully saturated rings. The maximum atomic E-state index is 12.5. The molecule has 23 heavy (non-hydrogen) atoms. The molecule has 1 N–H and O–H groups in total. The second kappa shape index (κ2) is 6.38. The fourth-order valence-electron chi connectivity index (χ4n) is 4.27. The van der Waals surface area contributed by atoms with Crippen molar-refractivity contribution < 1.29 is 14.6 Å². The highest BCUT2D eigenvalue weighted by atomic mass is 16.6. The van der Waals surface area contributed by atoms with Crippen molar-refractivity contribution in [3.63, 3.8) is 0 Å². The van der Waals surface area contributed by atoms with Gasteiger partial charge in [0.05, 0.1) is 5.57 Å². The minimum Gasteiger partial charge on any atom is -0.507 e. The normalized spacial score (nSPS) is 23.0. The zero-order valence-electron chi connectivity index (χ0n) is 14.0. The number of carbonyl (C=O) groups excluding carboxylic acids is 1. The van der Waals surface area contributed by atoms with Gasteiger partial charge in [-0.1, -0.05) is 50.6 Å². The number of hydrogen-bond acceptors (Lipinski definition) is 3. The zero-order valence-corrected chi connectivity index (χ0v) is 14.0. The van der Waals surface area contributed by atoms with E-state index < -0.39 is 5.60 Å². The SMILES string of the molecule is CC[C@H](c1ccccc1)[C@@H](C)C1=C(O)C2(CCCCC2)OC1=O. The molecule has 3 nitrogen and oxygen atoms in total. The molecule has 0 bridgehead atoms. The van der Waals surface area contributed by atoms with Crippen molar-refractivity contribution in [1.29, 1.82) is 0 Å². The highest BCUT2D eigenvalue weighted by molar-refractivity contribution is 5.93. The fourth-order valence-corrected chi connectivity index (χ4v) is 4.27. The van der Waals surface area contributed by atoms with Gasteiger partial charge in [0.25, 0.3) is 0 Å². The number of ether oxygens (including phenoxy) is 1. The Morgan fingerprint density at radius 1 is 1.17 bits per heavy atom. The molecule has 0 amide bonds. The van der Waals surface area contributed by atoms with Crippen LogP contribution in [0.4, 0.5) is 0 Å². The number of aliphatic hydroxyl groups is 1. The molecule has 2 atom stereocenters. The molecule has 1 saturated carbocycles. The molecule has 124 valence electrons. The smallest absolute Gasteiger partial charge is 0.338 e. The maximum absolute atomic E-state index is 12.5. The average Bonchev–Trinajstić information content (AvgIpc) is 2.80. The lowest BCUT2D eigenvalue weighted by atomic mass is 9.77. The predicted molar refractivity (Wildman–Crippen MR) is 90.2 cm³/mol. The van der Waals surface area contributed by atoms with Gasteiger partial charge in [-0.25, -0.2) is 4.79 Å². The average molecular weight is 314 g/mol. The van der Waals surface area contributed by atoms with Gasteiger partial charge in [0.2, 0.25) is 0 Å². The standard InChI is InChI=1S/C20H26O3/c1-3-16(15-10-6-4-7-11-15)14(2)17-18(21)20(23-19(17)22)12-8-5-9-13-20/h4,6-7,10-11,14,16,21H,3,5,8-9,12-13H2,1-2H3/t14-,16+/m1/s1. The molecule has 1 aromatic carbocycles. The number of hydrogen-bond donors (Lipinski definition) is 1. The van der Waals surface area contributed by atoms with Crippen LogP contribution in [-0.4, -0.2) is 16.7 Å². The fraction of sp³-hybridized carbons (Fsp3) is 0.550. The second-order valence-electron chi connectivity index (χ2n) is 6.92. The highest BCUT2D eigenvalue weighted by Crippen LogP contribution is 2.46. The summed E-state index contributed by atoms with van der Waals surface area (Å²) in [5, 5.41) is 10.8. The van der Waals surface area contributed by atoms with Crippen molar-refractivity contribution in [2.45, 2.75) is 63.9 Å². The van der Waals surface area contributed by atoms with Crippen molar-refractivity contribution in [2.24, 2.45) is 5.92 Å². The van der Waals surface area contributed by atoms with Gasteiger partial charge in [-0.2, -0.15) is 0 Å². The Morgan fingerprint density at radius 2 is 1.83 bits per heavy atom. The summed E-state index contributed by atoms with van der Waals surface area (Å²) in [6.07, 6.45) is 5.59. The van der Waals surface area contributed by atoms with Crippen LogP contribution in [0.1, 0.15) is 63.9 Å². The van der Waals surface area contributed by atoms with Crippen LogP contribution < -0.4 is 0 Å². The second-order valence-corrected chi connectivity index (χ2v) is 6.92. The van der Waals surface area contributed by atoms with Crippen LogP contribution in [0.15, 0.2) is 41.7 Å². The summed E-state index contributed by atoms with van der Waals surface area (Å²) in [5.74, 6) is 0.0613. The van der Waals surface area contributed by atoms with Crippen molar-refractivity contribution >= 4 is 5.97 Å². The summed E-state index contributed by atoms with van der Waals surface area (Å²) < 4.78 is 5.70. The molecule has 0 saturated heterocycles. The minimum atomic E-state index is -0.728. The Kier molecular flexibility index (Phi) is 4.47. The Bertz CT molecular complexity index is 597. The molecule has 0 radical (unpaired) electrons. The molecular formula is C20H26O3. The van der Waals surface area contributed by atoms with E-state index in [9.17, 15) is 9.90 Å². The van der Waals surface area contributed by atoms with Crippen molar-refractivity contribution in [3.05, 3.63) is 47.2 Å². The third-order valence-corrected chi connectivity index (χ3v) is 5.58. The van der Waals surface area contributed by atoms with Gasteiger partial charge >= 0.3 is 5.97 Å². The van der Waals surface area contributed by atoms with Crippen molar-refractivity contribution in [3.8, 4) is 0 Å². The van der Waals surface area contributed by atoms with Gasteiger partial charge in [-0.3, -0.25) is 0 Å². The summed E-state index contributed by atoms with van der Waals surface area (Å²) in [6, 6.07) is 10.2. The summed E-state index contributed by atoms with van der Waals surface area (Å²) >= 11 is 0. The van der Waals surface area contributed by atoms with Crippen LogP contribution in [0.25, 0.3) is 0 Å². The quantitative estimate of drug-likeness (QED) is 0.805. The molecule has 3 heteroatoms. The highest BCUT2D eigenvalue weighted by Gasteiger charge is 2.50. The monoisotopic (exact) mass is 314 g/mol. The Labute approximate surface area is 138 Å². The van der Waals surface area contributed by atoms with Crippen LogP contribution in [0, 0.1) is 5.92 Å². The molecule has 1 spiro atoms. The number of benzene rings is 1. The largest absolute Gasteiger partial charge is 0.507 e. The summed E-state index contributed by atoms with van der Waals surface area (Å²) in [7, 11) is 0. The van der Waals surface area contributed by atoms with E-state index in [0.717, 1.165) is 38.5 Å². The molecule has 1 aliphatic carbocycles. The van der Waals surface area contributed by atoms with E-state index in [-0.39, 0.29) is 23.6 Å². The molecule has 1 heterocycles. The number of aliphatic hydroxyl groups excluding tert-OH is 1. The van der Waals surface area contributed by atoms with E-state index in [1.165, 1.54) is 5.56 Å². The summed E-state index contributed by atoms with van der Waals surface area (Å²) in [5.41, 5.74) is 0.983. The van der Waals surface area contributed by atoms with Gasteiger partial charge in [0.15, 0.2) is 5.60 Å².